The van der Waals surface area contributed by atoms with Crippen LogP contribution in [0.4, 0.5) is 5.82 Å². The molecule has 1 aromatic heterocycles. The molecule has 3 nitrogen and oxygen atoms in total. The summed E-state index contributed by atoms with van der Waals surface area (Å²) in [6, 6.07) is 9.76. The average Bonchev–Trinajstić information content (AvgIpc) is 2.30. The third-order valence-electron chi connectivity index (χ3n) is 2.57. The van der Waals surface area contributed by atoms with E-state index in [1.807, 2.05) is 37.3 Å². The second-order valence-corrected chi connectivity index (χ2v) is 3.62. The molecule has 3 heteroatoms. The Hall–Kier alpha value is -2.03. The summed E-state index contributed by atoms with van der Waals surface area (Å²) in [5.41, 5.74) is 9.05. The van der Waals surface area contributed by atoms with Gasteiger partial charge in [0.15, 0.2) is 0 Å². The van der Waals surface area contributed by atoms with E-state index in [4.69, 9.17) is 10.5 Å². The smallest absolute Gasteiger partial charge is 0.131 e. The van der Waals surface area contributed by atoms with Gasteiger partial charge in [-0.3, -0.25) is 0 Å². The highest BCUT2D eigenvalue weighted by Gasteiger charge is 2.06. The lowest BCUT2D eigenvalue weighted by Crippen LogP contribution is -1.96. The first-order chi connectivity index (χ1) is 7.72. The molecule has 0 saturated heterocycles. The quantitative estimate of drug-likeness (QED) is 0.836. The zero-order chi connectivity index (χ0) is 11.5. The predicted octanol–water partition coefficient (Wildman–Crippen LogP) is 2.65. The molecule has 2 aromatic rings. The molecule has 0 saturated carbocycles. The van der Waals surface area contributed by atoms with Crippen LogP contribution in [0.25, 0.3) is 11.1 Å². The number of hydrogen-bond acceptors (Lipinski definition) is 3. The van der Waals surface area contributed by atoms with Gasteiger partial charge in [-0.2, -0.15) is 0 Å². The van der Waals surface area contributed by atoms with Gasteiger partial charge in [-0.15, -0.1) is 0 Å². The molecule has 0 aliphatic rings. The van der Waals surface area contributed by atoms with Crippen LogP contribution in [0.3, 0.4) is 0 Å². The lowest BCUT2D eigenvalue weighted by molar-refractivity contribution is 0.415. The van der Waals surface area contributed by atoms with Crippen LogP contribution in [-0.2, 0) is 0 Å². The summed E-state index contributed by atoms with van der Waals surface area (Å²) in [5.74, 6) is 1.40. The predicted molar refractivity (Wildman–Crippen MR) is 65.4 cm³/mol. The fourth-order valence-electron chi connectivity index (χ4n) is 1.71. The molecular formula is C13H14N2O. The van der Waals surface area contributed by atoms with E-state index in [1.165, 1.54) is 0 Å². The minimum Gasteiger partial charge on any atom is -0.497 e. The molecule has 0 bridgehead atoms. The van der Waals surface area contributed by atoms with Crippen molar-refractivity contribution in [3.05, 3.63) is 42.1 Å². The summed E-state index contributed by atoms with van der Waals surface area (Å²) in [6.07, 6.45) is 1.72. The number of pyridine rings is 1. The van der Waals surface area contributed by atoms with Crippen LogP contribution in [0.2, 0.25) is 0 Å². The topological polar surface area (TPSA) is 48.1 Å². The van der Waals surface area contributed by atoms with E-state index in [-0.39, 0.29) is 0 Å². The van der Waals surface area contributed by atoms with Crippen molar-refractivity contribution in [2.24, 2.45) is 0 Å². The number of benzene rings is 1. The SMILES string of the molecule is COc1ccc(-c2c(C)ccnc2N)cc1. The first kappa shape index (κ1) is 10.5. The van der Waals surface area contributed by atoms with E-state index < -0.39 is 0 Å². The van der Waals surface area contributed by atoms with Gasteiger partial charge in [-0.1, -0.05) is 12.1 Å². The van der Waals surface area contributed by atoms with Crippen LogP contribution in [0.5, 0.6) is 5.75 Å². The van der Waals surface area contributed by atoms with Crippen molar-refractivity contribution in [3.63, 3.8) is 0 Å². The van der Waals surface area contributed by atoms with E-state index in [0.717, 1.165) is 22.4 Å². The van der Waals surface area contributed by atoms with E-state index in [9.17, 15) is 0 Å². The largest absolute Gasteiger partial charge is 0.497 e. The average molecular weight is 214 g/mol. The fourth-order valence-corrected chi connectivity index (χ4v) is 1.71. The Bertz CT molecular complexity index is 472. The number of methoxy groups -OCH3 is 1. The number of aryl methyl sites for hydroxylation is 1. The van der Waals surface area contributed by atoms with E-state index in [2.05, 4.69) is 4.98 Å². The van der Waals surface area contributed by atoms with Gasteiger partial charge >= 0.3 is 0 Å². The lowest BCUT2D eigenvalue weighted by atomic mass is 10.0. The summed E-state index contributed by atoms with van der Waals surface area (Å²) in [5, 5.41) is 0. The first-order valence-corrected chi connectivity index (χ1v) is 5.08. The van der Waals surface area contributed by atoms with Crippen molar-refractivity contribution in [2.45, 2.75) is 6.92 Å². The van der Waals surface area contributed by atoms with Crippen LogP contribution < -0.4 is 10.5 Å². The van der Waals surface area contributed by atoms with Crippen LogP contribution in [0.15, 0.2) is 36.5 Å². The van der Waals surface area contributed by atoms with Gasteiger partial charge < -0.3 is 10.5 Å². The Morgan fingerprint density at radius 1 is 1.12 bits per heavy atom. The van der Waals surface area contributed by atoms with Crippen molar-refractivity contribution in [1.29, 1.82) is 0 Å². The highest BCUT2D eigenvalue weighted by molar-refractivity contribution is 5.76. The number of hydrogen-bond donors (Lipinski definition) is 1. The van der Waals surface area contributed by atoms with Crippen molar-refractivity contribution in [3.8, 4) is 16.9 Å². The number of aromatic nitrogens is 1. The molecule has 0 aliphatic carbocycles. The Kier molecular flexibility index (Phi) is 2.77. The molecule has 0 spiro atoms. The normalized spacial score (nSPS) is 10.1. The number of nitrogens with zero attached hydrogens (tertiary/aromatic N) is 1. The van der Waals surface area contributed by atoms with Gasteiger partial charge in [-0.25, -0.2) is 4.98 Å². The van der Waals surface area contributed by atoms with E-state index >= 15 is 0 Å². The zero-order valence-electron chi connectivity index (χ0n) is 9.40. The second kappa shape index (κ2) is 4.23. The molecule has 0 fully saturated rings. The van der Waals surface area contributed by atoms with Crippen molar-refractivity contribution < 1.29 is 4.74 Å². The Morgan fingerprint density at radius 3 is 2.38 bits per heavy atom. The molecule has 0 atom stereocenters. The van der Waals surface area contributed by atoms with E-state index in [0.29, 0.717) is 5.82 Å². The van der Waals surface area contributed by atoms with Gasteiger partial charge in [0.2, 0.25) is 0 Å². The molecular weight excluding hydrogens is 200 g/mol. The molecule has 0 amide bonds. The second-order valence-electron chi connectivity index (χ2n) is 3.62. The van der Waals surface area contributed by atoms with Crippen molar-refractivity contribution in [2.75, 3.05) is 12.8 Å². The summed E-state index contributed by atoms with van der Waals surface area (Å²) < 4.78 is 5.12. The molecule has 2 N–H and O–H groups in total. The van der Waals surface area contributed by atoms with Gasteiger partial charge in [0.1, 0.15) is 11.6 Å². The van der Waals surface area contributed by atoms with Crippen LogP contribution in [0, 0.1) is 6.92 Å². The number of anilines is 1. The maximum atomic E-state index is 5.88. The molecule has 0 radical (unpaired) electrons. The van der Waals surface area contributed by atoms with Gasteiger partial charge in [-0.05, 0) is 36.2 Å². The van der Waals surface area contributed by atoms with Gasteiger partial charge in [0, 0.05) is 11.8 Å². The van der Waals surface area contributed by atoms with Crippen LogP contribution in [0.1, 0.15) is 5.56 Å². The van der Waals surface area contributed by atoms with E-state index in [1.54, 1.807) is 13.3 Å². The summed E-state index contributed by atoms with van der Waals surface area (Å²) in [7, 11) is 1.65. The lowest BCUT2D eigenvalue weighted by Gasteiger charge is -2.09. The molecule has 1 heterocycles. The highest BCUT2D eigenvalue weighted by Crippen LogP contribution is 2.28. The molecule has 2 rings (SSSR count). The standard InChI is InChI=1S/C13H14N2O/c1-9-7-8-15-13(14)12(9)10-3-5-11(16-2)6-4-10/h3-8H,1-2H3,(H2,14,15). The fraction of sp³-hybridized carbons (Fsp3) is 0.154. The van der Waals surface area contributed by atoms with Crippen molar-refractivity contribution >= 4 is 5.82 Å². The number of rotatable bonds is 2. The van der Waals surface area contributed by atoms with Crippen molar-refractivity contribution in [1.82, 2.24) is 4.98 Å². The summed E-state index contributed by atoms with van der Waals surface area (Å²) in [6.45, 7) is 2.03. The van der Waals surface area contributed by atoms with Gasteiger partial charge in [0.25, 0.3) is 0 Å². The number of nitrogens with two attached hydrogens (primary N) is 1. The maximum absolute atomic E-state index is 5.88. The van der Waals surface area contributed by atoms with Crippen LogP contribution in [-0.4, -0.2) is 12.1 Å². The highest BCUT2D eigenvalue weighted by atomic mass is 16.5. The molecule has 1 aromatic carbocycles. The molecule has 16 heavy (non-hydrogen) atoms. The Balaban J connectivity index is 2.50. The minimum atomic E-state index is 0.560. The number of nitrogen functional groups attached to an aromatic ring is 1. The molecule has 0 aliphatic heterocycles. The number of ether oxygens (including phenoxy) is 1. The van der Waals surface area contributed by atoms with Gasteiger partial charge in [0.05, 0.1) is 7.11 Å². The molecule has 0 unspecified atom stereocenters. The summed E-state index contributed by atoms with van der Waals surface area (Å²) in [4.78, 5) is 4.11. The zero-order valence-corrected chi connectivity index (χ0v) is 9.40. The third kappa shape index (κ3) is 1.84. The Labute approximate surface area is 94.9 Å². The molecule has 82 valence electrons. The van der Waals surface area contributed by atoms with Crippen LogP contribution >= 0.6 is 0 Å². The summed E-state index contributed by atoms with van der Waals surface area (Å²) >= 11 is 0. The maximum Gasteiger partial charge on any atom is 0.131 e. The minimum absolute atomic E-state index is 0.560. The first-order valence-electron chi connectivity index (χ1n) is 5.08. The monoisotopic (exact) mass is 214 g/mol. The Morgan fingerprint density at radius 2 is 1.81 bits per heavy atom. The third-order valence-corrected chi connectivity index (χ3v) is 2.57.